The van der Waals surface area contributed by atoms with Gasteiger partial charge in [0.15, 0.2) is 0 Å². The van der Waals surface area contributed by atoms with Gasteiger partial charge in [0.05, 0.1) is 0 Å². The van der Waals surface area contributed by atoms with Crippen molar-refractivity contribution in [3.8, 4) is 0 Å². The molecule has 0 spiro atoms. The first-order valence-electron chi connectivity index (χ1n) is 5.20. The molecular weight excluding hydrogens is 229 g/mol. The SMILES string of the molecule is Cc1cc([C@H](N)C2CCC2)ccc1Cl.Cl. The molecule has 1 fully saturated rings. The Morgan fingerprint density at radius 3 is 2.53 bits per heavy atom. The molecule has 1 saturated carbocycles. The number of nitrogens with two attached hydrogens (primary N) is 1. The predicted molar refractivity (Wildman–Crippen MR) is 67.7 cm³/mol. The predicted octanol–water partition coefficient (Wildman–Crippen LogP) is 3.87. The molecule has 1 atom stereocenters. The van der Waals surface area contributed by atoms with Crippen LogP contribution >= 0.6 is 24.0 Å². The number of hydrogen-bond acceptors (Lipinski definition) is 1. The molecule has 0 heterocycles. The number of rotatable bonds is 2. The lowest BCUT2D eigenvalue weighted by Gasteiger charge is -2.31. The third-order valence-corrected chi connectivity index (χ3v) is 3.65. The van der Waals surface area contributed by atoms with E-state index in [1.165, 1.54) is 24.8 Å². The Kier molecular flexibility index (Phi) is 4.45. The van der Waals surface area contributed by atoms with Gasteiger partial charge in [-0.15, -0.1) is 12.4 Å². The van der Waals surface area contributed by atoms with E-state index in [4.69, 9.17) is 17.3 Å². The lowest BCUT2D eigenvalue weighted by atomic mass is 9.77. The van der Waals surface area contributed by atoms with Crippen molar-refractivity contribution >= 4 is 24.0 Å². The fourth-order valence-electron chi connectivity index (χ4n) is 1.95. The highest BCUT2D eigenvalue weighted by Crippen LogP contribution is 2.36. The Bertz CT molecular complexity index is 334. The van der Waals surface area contributed by atoms with Crippen LogP contribution in [0.1, 0.15) is 36.4 Å². The first-order chi connectivity index (χ1) is 6.68. The highest BCUT2D eigenvalue weighted by Gasteiger charge is 2.25. The van der Waals surface area contributed by atoms with E-state index in [1.54, 1.807) is 0 Å². The van der Waals surface area contributed by atoms with Gasteiger partial charge in [0.25, 0.3) is 0 Å². The van der Waals surface area contributed by atoms with Gasteiger partial charge in [0.2, 0.25) is 0 Å². The fraction of sp³-hybridized carbons (Fsp3) is 0.500. The topological polar surface area (TPSA) is 26.0 Å². The van der Waals surface area contributed by atoms with Crippen molar-refractivity contribution in [3.63, 3.8) is 0 Å². The highest BCUT2D eigenvalue weighted by molar-refractivity contribution is 6.31. The van der Waals surface area contributed by atoms with Crippen molar-refractivity contribution in [2.45, 2.75) is 32.2 Å². The van der Waals surface area contributed by atoms with Crippen LogP contribution in [0, 0.1) is 12.8 Å². The normalized spacial score (nSPS) is 17.8. The molecule has 1 nitrogen and oxygen atoms in total. The summed E-state index contributed by atoms with van der Waals surface area (Å²) in [5.41, 5.74) is 8.53. The van der Waals surface area contributed by atoms with E-state index in [9.17, 15) is 0 Å². The fourth-order valence-corrected chi connectivity index (χ4v) is 2.06. The number of aryl methyl sites for hydroxylation is 1. The van der Waals surface area contributed by atoms with Crippen LogP contribution in [0.3, 0.4) is 0 Å². The molecule has 84 valence electrons. The Balaban J connectivity index is 0.00000112. The summed E-state index contributed by atoms with van der Waals surface area (Å²) in [5, 5.41) is 0.828. The van der Waals surface area contributed by atoms with Gasteiger partial charge in [0.1, 0.15) is 0 Å². The quantitative estimate of drug-likeness (QED) is 0.842. The van der Waals surface area contributed by atoms with Crippen LogP contribution in [0.15, 0.2) is 18.2 Å². The standard InChI is InChI=1S/C12H16ClN.ClH/c1-8-7-10(5-6-11(8)13)12(14)9-3-2-4-9;/h5-7,9,12H,2-4,14H2,1H3;1H/t12-;/m1./s1. The summed E-state index contributed by atoms with van der Waals surface area (Å²) in [6.45, 7) is 2.03. The van der Waals surface area contributed by atoms with Gasteiger partial charge in [-0.25, -0.2) is 0 Å². The summed E-state index contributed by atoms with van der Waals surface area (Å²) in [5.74, 6) is 0.690. The minimum atomic E-state index is 0. The van der Waals surface area contributed by atoms with Gasteiger partial charge in [-0.3, -0.25) is 0 Å². The van der Waals surface area contributed by atoms with Crippen LogP contribution in [0.4, 0.5) is 0 Å². The van der Waals surface area contributed by atoms with Crippen molar-refractivity contribution in [2.75, 3.05) is 0 Å². The molecule has 2 N–H and O–H groups in total. The molecule has 0 unspecified atom stereocenters. The zero-order valence-corrected chi connectivity index (χ0v) is 10.4. The number of benzene rings is 1. The highest BCUT2D eigenvalue weighted by atomic mass is 35.5. The second-order valence-electron chi connectivity index (χ2n) is 4.23. The van der Waals surface area contributed by atoms with E-state index in [2.05, 4.69) is 12.1 Å². The Morgan fingerprint density at radius 2 is 2.07 bits per heavy atom. The zero-order valence-electron chi connectivity index (χ0n) is 8.87. The molecule has 2 rings (SSSR count). The van der Waals surface area contributed by atoms with Crippen molar-refractivity contribution in [2.24, 2.45) is 11.7 Å². The van der Waals surface area contributed by atoms with Crippen LogP contribution < -0.4 is 5.73 Å². The van der Waals surface area contributed by atoms with Crippen molar-refractivity contribution < 1.29 is 0 Å². The molecule has 0 amide bonds. The van der Waals surface area contributed by atoms with Crippen LogP contribution in [-0.2, 0) is 0 Å². The molecule has 0 bridgehead atoms. The van der Waals surface area contributed by atoms with Crippen molar-refractivity contribution in [1.82, 2.24) is 0 Å². The summed E-state index contributed by atoms with van der Waals surface area (Å²) in [6.07, 6.45) is 3.90. The van der Waals surface area contributed by atoms with Gasteiger partial charge in [-0.1, -0.05) is 30.2 Å². The van der Waals surface area contributed by atoms with Crippen LogP contribution in [-0.4, -0.2) is 0 Å². The summed E-state index contributed by atoms with van der Waals surface area (Å²) in [7, 11) is 0. The molecule has 1 aliphatic carbocycles. The summed E-state index contributed by atoms with van der Waals surface area (Å²) in [4.78, 5) is 0. The smallest absolute Gasteiger partial charge is 0.0435 e. The van der Waals surface area contributed by atoms with Gasteiger partial charge < -0.3 is 5.73 Å². The van der Waals surface area contributed by atoms with Crippen LogP contribution in [0.25, 0.3) is 0 Å². The average Bonchev–Trinajstić information content (AvgIpc) is 2.06. The molecule has 0 aromatic heterocycles. The third-order valence-electron chi connectivity index (χ3n) is 3.22. The summed E-state index contributed by atoms with van der Waals surface area (Å²) in [6, 6.07) is 6.33. The van der Waals surface area contributed by atoms with Gasteiger partial charge in [0, 0.05) is 11.1 Å². The monoisotopic (exact) mass is 245 g/mol. The van der Waals surface area contributed by atoms with Gasteiger partial charge in [-0.05, 0) is 42.9 Å². The van der Waals surface area contributed by atoms with Crippen molar-refractivity contribution in [1.29, 1.82) is 0 Å². The first kappa shape index (κ1) is 12.8. The van der Waals surface area contributed by atoms with Crippen LogP contribution in [0.5, 0.6) is 0 Å². The second-order valence-corrected chi connectivity index (χ2v) is 4.63. The van der Waals surface area contributed by atoms with E-state index in [-0.39, 0.29) is 18.4 Å². The molecule has 15 heavy (non-hydrogen) atoms. The maximum Gasteiger partial charge on any atom is 0.0435 e. The lowest BCUT2D eigenvalue weighted by molar-refractivity contribution is 0.264. The van der Waals surface area contributed by atoms with E-state index in [1.807, 2.05) is 13.0 Å². The maximum atomic E-state index is 6.18. The molecule has 3 heteroatoms. The van der Waals surface area contributed by atoms with E-state index in [0.717, 1.165) is 10.6 Å². The molecular formula is C12H17Cl2N. The molecule has 0 radical (unpaired) electrons. The minimum absolute atomic E-state index is 0. The molecule has 0 saturated heterocycles. The maximum absolute atomic E-state index is 6.18. The molecule has 1 aromatic carbocycles. The van der Waals surface area contributed by atoms with E-state index < -0.39 is 0 Å². The van der Waals surface area contributed by atoms with E-state index >= 15 is 0 Å². The summed E-state index contributed by atoms with van der Waals surface area (Å²) >= 11 is 5.97. The molecule has 1 aliphatic rings. The van der Waals surface area contributed by atoms with E-state index in [0.29, 0.717) is 5.92 Å². The second kappa shape index (κ2) is 5.20. The van der Waals surface area contributed by atoms with Crippen molar-refractivity contribution in [3.05, 3.63) is 34.3 Å². The average molecular weight is 246 g/mol. The Labute approximate surface area is 102 Å². The lowest BCUT2D eigenvalue weighted by Crippen LogP contribution is -2.26. The Hall–Kier alpha value is -0.240. The van der Waals surface area contributed by atoms with Crippen LogP contribution in [0.2, 0.25) is 5.02 Å². The number of halogens is 2. The third kappa shape index (κ3) is 2.66. The zero-order chi connectivity index (χ0) is 10.1. The largest absolute Gasteiger partial charge is 0.324 e. The minimum Gasteiger partial charge on any atom is -0.324 e. The number of hydrogen-bond donors (Lipinski definition) is 1. The Morgan fingerprint density at radius 1 is 1.40 bits per heavy atom. The summed E-state index contributed by atoms with van der Waals surface area (Å²) < 4.78 is 0. The van der Waals surface area contributed by atoms with Gasteiger partial charge in [-0.2, -0.15) is 0 Å². The van der Waals surface area contributed by atoms with Gasteiger partial charge >= 0.3 is 0 Å². The first-order valence-corrected chi connectivity index (χ1v) is 5.58. The molecule has 1 aromatic rings. The molecule has 0 aliphatic heterocycles.